The number of benzene rings is 2. The molecular weight excluding hydrogens is 332 g/mol. The summed E-state index contributed by atoms with van der Waals surface area (Å²) in [6.07, 6.45) is 1.31. The van der Waals surface area contributed by atoms with Gasteiger partial charge in [-0.25, -0.2) is 0 Å². The highest BCUT2D eigenvalue weighted by molar-refractivity contribution is 9.10. The minimum absolute atomic E-state index is 0.346. The van der Waals surface area contributed by atoms with Crippen LogP contribution in [0.3, 0.4) is 0 Å². The van der Waals surface area contributed by atoms with Crippen LogP contribution in [0.1, 0.15) is 23.7 Å². The Morgan fingerprint density at radius 3 is 2.76 bits per heavy atom. The molecular formula is C17H17BrO3. The van der Waals surface area contributed by atoms with E-state index in [1.165, 1.54) is 0 Å². The van der Waals surface area contributed by atoms with Crippen LogP contribution in [0.15, 0.2) is 46.9 Å². The lowest BCUT2D eigenvalue weighted by atomic mass is 10.1. The van der Waals surface area contributed by atoms with Gasteiger partial charge < -0.3 is 14.6 Å². The highest BCUT2D eigenvalue weighted by Crippen LogP contribution is 2.36. The van der Waals surface area contributed by atoms with Crippen molar-refractivity contribution >= 4 is 15.9 Å². The highest BCUT2D eigenvalue weighted by Gasteiger charge is 2.22. The number of aliphatic hydroxyl groups is 1. The topological polar surface area (TPSA) is 38.7 Å². The molecule has 2 aromatic carbocycles. The summed E-state index contributed by atoms with van der Waals surface area (Å²) in [5.74, 6) is 1.68. The normalized spacial score (nSPS) is 16.6. The molecule has 0 saturated heterocycles. The first-order valence-electron chi connectivity index (χ1n) is 7.05. The number of halogens is 1. The zero-order chi connectivity index (χ0) is 14.7. The van der Waals surface area contributed by atoms with Crippen molar-refractivity contribution in [2.24, 2.45) is 0 Å². The zero-order valence-corrected chi connectivity index (χ0v) is 13.2. The average Bonchev–Trinajstić information content (AvgIpc) is 2.86. The third-order valence-electron chi connectivity index (χ3n) is 3.60. The Morgan fingerprint density at radius 2 is 1.90 bits per heavy atom. The van der Waals surface area contributed by atoms with Crippen molar-refractivity contribution in [2.45, 2.75) is 18.9 Å². The van der Waals surface area contributed by atoms with Crippen molar-refractivity contribution in [1.82, 2.24) is 0 Å². The molecule has 4 heteroatoms. The molecule has 21 heavy (non-hydrogen) atoms. The maximum Gasteiger partial charge on any atom is 0.123 e. The van der Waals surface area contributed by atoms with Gasteiger partial charge in [-0.1, -0.05) is 34.1 Å². The molecule has 3 nitrogen and oxygen atoms in total. The lowest BCUT2D eigenvalue weighted by Gasteiger charge is -2.12. The Balaban J connectivity index is 1.55. The smallest absolute Gasteiger partial charge is 0.123 e. The van der Waals surface area contributed by atoms with Gasteiger partial charge in [-0.15, -0.1) is 0 Å². The molecule has 110 valence electrons. The van der Waals surface area contributed by atoms with Gasteiger partial charge in [-0.05, 0) is 42.7 Å². The van der Waals surface area contributed by atoms with Crippen LogP contribution in [0.25, 0.3) is 0 Å². The summed E-state index contributed by atoms with van der Waals surface area (Å²) in [4.78, 5) is 0. The first kappa shape index (κ1) is 14.4. The van der Waals surface area contributed by atoms with E-state index in [-0.39, 0.29) is 6.10 Å². The van der Waals surface area contributed by atoms with Gasteiger partial charge in [0.2, 0.25) is 0 Å². The van der Waals surface area contributed by atoms with Gasteiger partial charge in [0.15, 0.2) is 0 Å². The molecule has 0 radical (unpaired) electrons. The van der Waals surface area contributed by atoms with Crippen molar-refractivity contribution in [3.8, 4) is 11.5 Å². The van der Waals surface area contributed by atoms with Gasteiger partial charge >= 0.3 is 0 Å². The minimum Gasteiger partial charge on any atom is -0.490 e. The van der Waals surface area contributed by atoms with Crippen molar-refractivity contribution in [2.75, 3.05) is 13.2 Å². The lowest BCUT2D eigenvalue weighted by Crippen LogP contribution is -2.10. The summed E-state index contributed by atoms with van der Waals surface area (Å²) in [5.41, 5.74) is 2.13. The summed E-state index contributed by atoms with van der Waals surface area (Å²) in [5, 5.41) is 9.87. The predicted molar refractivity (Wildman–Crippen MR) is 84.9 cm³/mol. The molecule has 0 spiro atoms. The minimum atomic E-state index is -0.346. The van der Waals surface area contributed by atoms with Crippen molar-refractivity contribution in [3.05, 3.63) is 58.1 Å². The molecule has 1 N–H and O–H groups in total. The van der Waals surface area contributed by atoms with Gasteiger partial charge in [0, 0.05) is 10.0 Å². The van der Waals surface area contributed by atoms with Crippen LogP contribution in [0, 0.1) is 0 Å². The number of hydrogen-bond donors (Lipinski definition) is 1. The number of ether oxygens (including phenoxy) is 2. The largest absolute Gasteiger partial charge is 0.490 e. The second kappa shape index (κ2) is 6.50. The van der Waals surface area contributed by atoms with E-state index in [4.69, 9.17) is 9.47 Å². The van der Waals surface area contributed by atoms with Gasteiger partial charge in [0.25, 0.3) is 0 Å². The van der Waals surface area contributed by atoms with Crippen LogP contribution in [0.4, 0.5) is 0 Å². The van der Waals surface area contributed by atoms with Crippen molar-refractivity contribution < 1.29 is 14.6 Å². The summed E-state index contributed by atoms with van der Waals surface area (Å²) in [7, 11) is 0. The molecule has 2 aromatic rings. The third kappa shape index (κ3) is 3.39. The second-order valence-corrected chi connectivity index (χ2v) is 5.95. The molecule has 1 atom stereocenters. The molecule has 1 unspecified atom stereocenters. The molecule has 1 aliphatic carbocycles. The van der Waals surface area contributed by atoms with Crippen LogP contribution in [-0.4, -0.2) is 18.3 Å². The standard InChI is InChI=1S/C17H17BrO3/c18-12-3-1-4-13(11-12)20-9-10-21-17-6-2-5-14-15(17)7-8-16(14)19/h1-6,11,16,19H,7-10H2. The number of fused-ring (bicyclic) bond motifs is 1. The van der Waals surface area contributed by atoms with Crippen molar-refractivity contribution in [1.29, 1.82) is 0 Å². The third-order valence-corrected chi connectivity index (χ3v) is 4.10. The Labute approximate surface area is 132 Å². The predicted octanol–water partition coefficient (Wildman–Crippen LogP) is 3.89. The van der Waals surface area contributed by atoms with Crippen LogP contribution in [-0.2, 0) is 6.42 Å². The van der Waals surface area contributed by atoms with E-state index in [0.29, 0.717) is 13.2 Å². The quantitative estimate of drug-likeness (QED) is 0.833. The Bertz CT molecular complexity index is 627. The SMILES string of the molecule is OC1CCc2c(OCCOc3cccc(Br)c3)cccc21. The molecule has 3 rings (SSSR count). The van der Waals surface area contributed by atoms with E-state index in [1.54, 1.807) is 0 Å². The molecule has 0 aliphatic heterocycles. The average molecular weight is 349 g/mol. The Kier molecular flexibility index (Phi) is 4.46. The molecule has 0 fully saturated rings. The molecule has 1 aliphatic rings. The number of hydrogen-bond acceptors (Lipinski definition) is 3. The maximum absolute atomic E-state index is 9.87. The summed E-state index contributed by atoms with van der Waals surface area (Å²) in [6.45, 7) is 0.974. The monoisotopic (exact) mass is 348 g/mol. The van der Waals surface area contributed by atoms with E-state index >= 15 is 0 Å². The van der Waals surface area contributed by atoms with E-state index in [9.17, 15) is 5.11 Å². The first-order chi connectivity index (χ1) is 10.2. The molecule has 0 heterocycles. The first-order valence-corrected chi connectivity index (χ1v) is 7.84. The fourth-order valence-electron chi connectivity index (χ4n) is 2.60. The Morgan fingerprint density at radius 1 is 1.10 bits per heavy atom. The van der Waals surface area contributed by atoms with Gasteiger partial charge in [-0.3, -0.25) is 0 Å². The number of rotatable bonds is 5. The maximum atomic E-state index is 9.87. The van der Waals surface area contributed by atoms with E-state index in [2.05, 4.69) is 15.9 Å². The van der Waals surface area contributed by atoms with Crippen molar-refractivity contribution in [3.63, 3.8) is 0 Å². The molecule has 0 bridgehead atoms. The molecule has 0 saturated carbocycles. The molecule has 0 aromatic heterocycles. The van der Waals surface area contributed by atoms with E-state index in [1.807, 2.05) is 42.5 Å². The van der Waals surface area contributed by atoms with Gasteiger partial charge in [0.1, 0.15) is 24.7 Å². The van der Waals surface area contributed by atoms with Crippen LogP contribution < -0.4 is 9.47 Å². The summed E-state index contributed by atoms with van der Waals surface area (Å²) in [6, 6.07) is 13.6. The zero-order valence-electron chi connectivity index (χ0n) is 11.6. The van der Waals surface area contributed by atoms with Crippen LogP contribution in [0.5, 0.6) is 11.5 Å². The Hall–Kier alpha value is -1.52. The summed E-state index contributed by atoms with van der Waals surface area (Å²) < 4.78 is 12.4. The number of aliphatic hydroxyl groups excluding tert-OH is 1. The fraction of sp³-hybridized carbons (Fsp3) is 0.294. The molecule has 0 amide bonds. The van der Waals surface area contributed by atoms with E-state index < -0.39 is 0 Å². The van der Waals surface area contributed by atoms with Gasteiger partial charge in [0.05, 0.1) is 6.10 Å². The lowest BCUT2D eigenvalue weighted by molar-refractivity contribution is 0.180. The second-order valence-electron chi connectivity index (χ2n) is 5.03. The van der Waals surface area contributed by atoms with Gasteiger partial charge in [-0.2, -0.15) is 0 Å². The summed E-state index contributed by atoms with van der Waals surface area (Å²) >= 11 is 3.41. The van der Waals surface area contributed by atoms with Crippen LogP contribution in [0.2, 0.25) is 0 Å². The highest BCUT2D eigenvalue weighted by atomic mass is 79.9. The van der Waals surface area contributed by atoms with Crippen LogP contribution >= 0.6 is 15.9 Å². The fourth-order valence-corrected chi connectivity index (χ4v) is 2.98. The van der Waals surface area contributed by atoms with E-state index in [0.717, 1.165) is 39.9 Å².